The summed E-state index contributed by atoms with van der Waals surface area (Å²) in [6.45, 7) is 8.09. The molecule has 0 radical (unpaired) electrons. The van der Waals surface area contributed by atoms with Crippen molar-refractivity contribution in [1.29, 1.82) is 0 Å². The van der Waals surface area contributed by atoms with Crippen LogP contribution in [0.15, 0.2) is 12.2 Å². The predicted octanol–water partition coefficient (Wildman–Crippen LogP) is 1.07. The molecule has 70 valence electrons. The molecule has 4 heteroatoms. The monoisotopic (exact) mass is 174 g/mol. The Morgan fingerprint density at radius 1 is 1.42 bits per heavy atom. The molecule has 0 saturated carbocycles. The Hall–Kier alpha value is -0.870. The zero-order chi connectivity index (χ0) is 9.40. The number of carbonyl (C=O) groups is 1. The molecular weight excluding hydrogens is 160 g/mol. The van der Waals surface area contributed by atoms with Gasteiger partial charge in [-0.1, -0.05) is 6.58 Å². The third-order valence-corrected chi connectivity index (χ3v) is 0.998. The van der Waals surface area contributed by atoms with E-state index in [2.05, 4.69) is 16.4 Å². The molecule has 0 aromatic carbocycles. The number of carbonyl (C=O) groups excluding carboxylic acids is 1. The Bertz CT molecular complexity index is 153. The zero-order valence-electron chi connectivity index (χ0n) is 7.46. The predicted molar refractivity (Wildman–Crippen MR) is 43.4 cm³/mol. The largest absolute Gasteiger partial charge is 0.379 e. The van der Waals surface area contributed by atoms with Crippen molar-refractivity contribution < 1.29 is 19.3 Å². The standard InChI is InChI=1S/C8H14O4/c1-4-10-5-6-11-12-8(9)7(2)3/h2,4-6H2,1,3H3. The van der Waals surface area contributed by atoms with Crippen molar-refractivity contribution in [1.82, 2.24) is 0 Å². The average molecular weight is 174 g/mol. The Balaban J connectivity index is 3.20. The van der Waals surface area contributed by atoms with Crippen LogP contribution in [0, 0.1) is 0 Å². The maximum atomic E-state index is 10.7. The van der Waals surface area contributed by atoms with E-state index in [1.54, 1.807) is 6.92 Å². The molecule has 0 rings (SSSR count). The Morgan fingerprint density at radius 2 is 2.08 bits per heavy atom. The molecule has 4 nitrogen and oxygen atoms in total. The first-order chi connectivity index (χ1) is 5.68. The topological polar surface area (TPSA) is 44.8 Å². The third kappa shape index (κ3) is 5.88. The lowest BCUT2D eigenvalue weighted by molar-refractivity contribution is -0.272. The van der Waals surface area contributed by atoms with E-state index in [9.17, 15) is 4.79 Å². The van der Waals surface area contributed by atoms with Gasteiger partial charge in [0.05, 0.1) is 6.61 Å². The summed E-state index contributed by atoms with van der Waals surface area (Å²) in [4.78, 5) is 19.5. The van der Waals surface area contributed by atoms with Gasteiger partial charge in [0.1, 0.15) is 6.61 Å². The molecule has 0 aliphatic heterocycles. The summed E-state index contributed by atoms with van der Waals surface area (Å²) >= 11 is 0. The Labute approximate surface area is 72.0 Å². The highest BCUT2D eigenvalue weighted by Crippen LogP contribution is 1.92. The second-order valence-electron chi connectivity index (χ2n) is 2.17. The zero-order valence-corrected chi connectivity index (χ0v) is 7.46. The van der Waals surface area contributed by atoms with Gasteiger partial charge in [-0.25, -0.2) is 4.79 Å². The van der Waals surface area contributed by atoms with Gasteiger partial charge in [-0.15, -0.1) is 0 Å². The second kappa shape index (κ2) is 6.82. The van der Waals surface area contributed by atoms with E-state index in [1.807, 2.05) is 6.92 Å². The summed E-state index contributed by atoms with van der Waals surface area (Å²) in [5.41, 5.74) is 0.311. The molecule has 0 fully saturated rings. The van der Waals surface area contributed by atoms with Crippen molar-refractivity contribution in [2.45, 2.75) is 13.8 Å². The van der Waals surface area contributed by atoms with Crippen LogP contribution in [0.1, 0.15) is 13.8 Å². The van der Waals surface area contributed by atoms with Crippen LogP contribution in [0.2, 0.25) is 0 Å². The fraction of sp³-hybridized carbons (Fsp3) is 0.625. The van der Waals surface area contributed by atoms with Crippen molar-refractivity contribution in [3.8, 4) is 0 Å². The molecule has 0 aliphatic rings. The minimum absolute atomic E-state index is 0.243. The van der Waals surface area contributed by atoms with E-state index < -0.39 is 5.97 Å². The lowest BCUT2D eigenvalue weighted by Crippen LogP contribution is -2.10. The molecule has 0 aromatic heterocycles. The van der Waals surface area contributed by atoms with Gasteiger partial charge in [0, 0.05) is 12.2 Å². The maximum Gasteiger partial charge on any atom is 0.368 e. The van der Waals surface area contributed by atoms with Crippen molar-refractivity contribution in [2.75, 3.05) is 19.8 Å². The fourth-order valence-electron chi connectivity index (χ4n) is 0.404. The first-order valence-electron chi connectivity index (χ1n) is 3.75. The van der Waals surface area contributed by atoms with Crippen LogP contribution in [0.3, 0.4) is 0 Å². The molecule has 0 amide bonds. The molecule has 0 N–H and O–H groups in total. The van der Waals surface area contributed by atoms with E-state index in [0.717, 1.165) is 0 Å². The number of rotatable bonds is 6. The molecule has 0 atom stereocenters. The van der Waals surface area contributed by atoms with Crippen LogP contribution < -0.4 is 0 Å². The summed E-state index contributed by atoms with van der Waals surface area (Å²) in [7, 11) is 0. The minimum atomic E-state index is -0.550. The molecule has 0 aliphatic carbocycles. The first kappa shape index (κ1) is 11.1. The number of hydrogen-bond donors (Lipinski definition) is 0. The van der Waals surface area contributed by atoms with Gasteiger partial charge < -0.3 is 4.74 Å². The molecule has 0 aromatic rings. The summed E-state index contributed by atoms with van der Waals surface area (Å²) in [6, 6.07) is 0. The highest BCUT2D eigenvalue weighted by atomic mass is 17.2. The number of ether oxygens (including phenoxy) is 1. The van der Waals surface area contributed by atoms with Crippen molar-refractivity contribution in [3.05, 3.63) is 12.2 Å². The van der Waals surface area contributed by atoms with Crippen molar-refractivity contribution >= 4 is 5.97 Å². The van der Waals surface area contributed by atoms with Gasteiger partial charge in [-0.2, -0.15) is 4.89 Å². The lowest BCUT2D eigenvalue weighted by atomic mass is 10.4. The van der Waals surface area contributed by atoms with Gasteiger partial charge in [0.15, 0.2) is 0 Å². The third-order valence-electron chi connectivity index (χ3n) is 0.998. The van der Waals surface area contributed by atoms with Crippen LogP contribution in [0.25, 0.3) is 0 Å². The Morgan fingerprint density at radius 3 is 2.58 bits per heavy atom. The van der Waals surface area contributed by atoms with E-state index >= 15 is 0 Å². The van der Waals surface area contributed by atoms with Crippen LogP contribution >= 0.6 is 0 Å². The van der Waals surface area contributed by atoms with Crippen LogP contribution in [0.4, 0.5) is 0 Å². The van der Waals surface area contributed by atoms with Crippen molar-refractivity contribution in [2.24, 2.45) is 0 Å². The molecule has 0 bridgehead atoms. The van der Waals surface area contributed by atoms with Crippen LogP contribution in [-0.2, 0) is 19.3 Å². The van der Waals surface area contributed by atoms with Crippen molar-refractivity contribution in [3.63, 3.8) is 0 Å². The highest BCUT2D eigenvalue weighted by Gasteiger charge is 2.02. The Kier molecular flexibility index (Phi) is 6.32. The highest BCUT2D eigenvalue weighted by molar-refractivity contribution is 5.86. The maximum absolute atomic E-state index is 10.7. The summed E-state index contributed by atoms with van der Waals surface area (Å²) < 4.78 is 4.94. The summed E-state index contributed by atoms with van der Waals surface area (Å²) in [6.07, 6.45) is 0. The molecule has 0 heterocycles. The van der Waals surface area contributed by atoms with Gasteiger partial charge in [-0.3, -0.25) is 4.89 Å². The number of hydrogen-bond acceptors (Lipinski definition) is 4. The SMILES string of the molecule is C=C(C)C(=O)OOCCOCC. The van der Waals surface area contributed by atoms with E-state index in [-0.39, 0.29) is 6.61 Å². The quantitative estimate of drug-likeness (QED) is 0.261. The van der Waals surface area contributed by atoms with Crippen LogP contribution in [0.5, 0.6) is 0 Å². The van der Waals surface area contributed by atoms with Gasteiger partial charge in [0.25, 0.3) is 0 Å². The molecule has 12 heavy (non-hydrogen) atoms. The van der Waals surface area contributed by atoms with E-state index in [1.165, 1.54) is 0 Å². The summed E-state index contributed by atoms with van der Waals surface area (Å²) in [5.74, 6) is -0.550. The van der Waals surface area contributed by atoms with Crippen LogP contribution in [-0.4, -0.2) is 25.8 Å². The first-order valence-corrected chi connectivity index (χ1v) is 3.75. The fourth-order valence-corrected chi connectivity index (χ4v) is 0.404. The van der Waals surface area contributed by atoms with Gasteiger partial charge >= 0.3 is 5.97 Å². The second-order valence-corrected chi connectivity index (χ2v) is 2.17. The van der Waals surface area contributed by atoms with Gasteiger partial charge in [0.2, 0.25) is 0 Å². The normalized spacial score (nSPS) is 9.50. The summed E-state index contributed by atoms with van der Waals surface area (Å²) in [5, 5.41) is 0. The average Bonchev–Trinajstić information content (AvgIpc) is 2.03. The van der Waals surface area contributed by atoms with E-state index in [4.69, 9.17) is 4.74 Å². The lowest BCUT2D eigenvalue weighted by Gasteiger charge is -2.02. The van der Waals surface area contributed by atoms with Gasteiger partial charge in [-0.05, 0) is 13.8 Å². The molecule has 0 unspecified atom stereocenters. The van der Waals surface area contributed by atoms with E-state index in [0.29, 0.717) is 18.8 Å². The molecule has 0 spiro atoms. The minimum Gasteiger partial charge on any atom is -0.379 e. The molecule has 0 saturated heterocycles. The molecular formula is C8H14O4. The smallest absolute Gasteiger partial charge is 0.368 e.